The molecule has 0 aliphatic heterocycles. The van der Waals surface area contributed by atoms with Crippen LogP contribution in [0.2, 0.25) is 0 Å². The molecule has 174 valence electrons. The molecule has 0 unspecified atom stereocenters. The first kappa shape index (κ1) is 23.7. The zero-order valence-corrected chi connectivity index (χ0v) is 19.9. The van der Waals surface area contributed by atoms with Gasteiger partial charge < -0.3 is 9.29 Å². The van der Waals surface area contributed by atoms with E-state index in [9.17, 15) is 13.0 Å². The summed E-state index contributed by atoms with van der Waals surface area (Å²) >= 11 is 0. The number of hydrogen-bond donors (Lipinski definition) is 0. The van der Waals surface area contributed by atoms with Gasteiger partial charge in [-0.1, -0.05) is 84.9 Å². The fourth-order valence-corrected chi connectivity index (χ4v) is 4.92. The van der Waals surface area contributed by atoms with Gasteiger partial charge in [0.25, 0.3) is 0 Å². The highest BCUT2D eigenvalue weighted by molar-refractivity contribution is 7.85. The van der Waals surface area contributed by atoms with Crippen LogP contribution in [0, 0.1) is 6.92 Å². The van der Waals surface area contributed by atoms with Crippen LogP contribution in [0.15, 0.2) is 102 Å². The quantitative estimate of drug-likeness (QED) is 0.268. The van der Waals surface area contributed by atoms with Crippen molar-refractivity contribution in [3.63, 3.8) is 0 Å². The summed E-state index contributed by atoms with van der Waals surface area (Å²) in [4.78, 5) is -0.205. The van der Waals surface area contributed by atoms with Gasteiger partial charge in [0.1, 0.15) is 22.5 Å². The summed E-state index contributed by atoms with van der Waals surface area (Å²) in [5.41, 5.74) is 5.11. The van der Waals surface area contributed by atoms with E-state index in [1.165, 1.54) is 11.6 Å². The molecule has 0 bridgehead atoms. The summed E-state index contributed by atoms with van der Waals surface area (Å²) in [6.07, 6.45) is 2.33. The number of para-hydroxylation sites is 1. The first-order valence-corrected chi connectivity index (χ1v) is 12.7. The fraction of sp³-hybridized carbons (Fsp3) is 0.172. The van der Waals surface area contributed by atoms with Gasteiger partial charge in [-0.15, -0.1) is 0 Å². The minimum atomic E-state index is -4.69. The number of benzene rings is 4. The average Bonchev–Trinajstić information content (AvgIpc) is 2.84. The number of ether oxygens (including phenoxy) is 1. The molecule has 0 amide bonds. The van der Waals surface area contributed by atoms with Gasteiger partial charge in [-0.2, -0.15) is 0 Å². The van der Waals surface area contributed by atoms with E-state index >= 15 is 0 Å². The summed E-state index contributed by atoms with van der Waals surface area (Å²) in [7, 11) is -4.69. The summed E-state index contributed by atoms with van der Waals surface area (Å²) in [6, 6.07) is 30.4. The smallest absolute Gasteiger partial charge is 0.127 e. The van der Waals surface area contributed by atoms with Crippen molar-refractivity contribution in [3.8, 4) is 16.9 Å². The Balaban J connectivity index is 1.73. The number of aryl methyl sites for hydroxylation is 2. The summed E-state index contributed by atoms with van der Waals surface area (Å²) < 4.78 is 43.0. The molecule has 4 aromatic carbocycles. The second kappa shape index (κ2) is 10.7. The predicted molar refractivity (Wildman–Crippen MR) is 134 cm³/mol. The molecular formula is C29H27O4S-. The Hall–Kier alpha value is -3.41. The second-order valence-corrected chi connectivity index (χ2v) is 9.65. The Bertz CT molecular complexity index is 1350. The Morgan fingerprint density at radius 1 is 0.735 bits per heavy atom. The van der Waals surface area contributed by atoms with E-state index in [4.69, 9.17) is 4.74 Å². The minimum Gasteiger partial charge on any atom is -0.744 e. The van der Waals surface area contributed by atoms with Crippen LogP contribution in [0.25, 0.3) is 11.1 Å². The maximum absolute atomic E-state index is 12.3. The molecule has 0 aromatic heterocycles. The van der Waals surface area contributed by atoms with Gasteiger partial charge in [-0.25, -0.2) is 8.42 Å². The summed E-state index contributed by atoms with van der Waals surface area (Å²) in [5.74, 6) is 0.547. The van der Waals surface area contributed by atoms with Crippen molar-refractivity contribution >= 4 is 10.1 Å². The van der Waals surface area contributed by atoms with E-state index < -0.39 is 10.1 Å². The molecule has 4 aromatic rings. The Morgan fingerprint density at radius 3 is 2.03 bits per heavy atom. The van der Waals surface area contributed by atoms with Crippen LogP contribution in [0.4, 0.5) is 0 Å². The van der Waals surface area contributed by atoms with Crippen LogP contribution in [0.3, 0.4) is 0 Å². The standard InChI is InChI=1S/C29H28O4S/c1-22-19-20-28(34(30,31)32)29(25(22)17-10-15-23-11-4-2-5-12-23)26-16-8-9-18-27(26)33-21-24-13-6-3-7-14-24/h2-9,11-14,16,18-20H,10,15,17,21H2,1H3,(H,30,31,32)/p-1. The molecule has 0 spiro atoms. The Kier molecular flexibility index (Phi) is 7.46. The molecule has 5 heteroatoms. The van der Waals surface area contributed by atoms with Gasteiger partial charge in [0.2, 0.25) is 0 Å². The molecule has 0 heterocycles. The molecule has 0 N–H and O–H groups in total. The lowest BCUT2D eigenvalue weighted by molar-refractivity contribution is 0.307. The van der Waals surface area contributed by atoms with Crippen molar-refractivity contribution in [3.05, 3.63) is 119 Å². The summed E-state index contributed by atoms with van der Waals surface area (Å²) in [5, 5.41) is 0. The van der Waals surface area contributed by atoms with Gasteiger partial charge in [0.05, 0.1) is 4.90 Å². The van der Waals surface area contributed by atoms with Crippen molar-refractivity contribution in [2.75, 3.05) is 0 Å². The van der Waals surface area contributed by atoms with Crippen LogP contribution in [0.5, 0.6) is 5.75 Å². The average molecular weight is 472 g/mol. The topological polar surface area (TPSA) is 66.4 Å². The first-order chi connectivity index (χ1) is 16.4. The second-order valence-electron chi connectivity index (χ2n) is 8.30. The van der Waals surface area contributed by atoms with Crippen LogP contribution in [-0.2, 0) is 29.6 Å². The molecule has 0 radical (unpaired) electrons. The third-order valence-corrected chi connectivity index (χ3v) is 6.79. The van der Waals surface area contributed by atoms with Crippen molar-refractivity contribution in [1.29, 1.82) is 0 Å². The molecule has 0 aliphatic carbocycles. The largest absolute Gasteiger partial charge is 0.744 e. The third kappa shape index (κ3) is 5.74. The van der Waals surface area contributed by atoms with Crippen LogP contribution in [-0.4, -0.2) is 13.0 Å². The highest BCUT2D eigenvalue weighted by Gasteiger charge is 2.20. The van der Waals surface area contributed by atoms with E-state index in [0.717, 1.165) is 29.5 Å². The van der Waals surface area contributed by atoms with Crippen molar-refractivity contribution in [2.45, 2.75) is 37.7 Å². The highest BCUT2D eigenvalue weighted by Crippen LogP contribution is 2.39. The number of hydrogen-bond acceptors (Lipinski definition) is 4. The SMILES string of the molecule is Cc1ccc(S(=O)(=O)[O-])c(-c2ccccc2OCc2ccccc2)c1CCCc1ccccc1. The molecule has 0 saturated carbocycles. The molecule has 0 fully saturated rings. The van der Waals surface area contributed by atoms with E-state index in [1.807, 2.05) is 79.7 Å². The lowest BCUT2D eigenvalue weighted by Gasteiger charge is -2.21. The van der Waals surface area contributed by atoms with Crippen LogP contribution >= 0.6 is 0 Å². The van der Waals surface area contributed by atoms with Gasteiger partial charge in [0, 0.05) is 11.1 Å². The monoisotopic (exact) mass is 471 g/mol. The van der Waals surface area contributed by atoms with Crippen molar-refractivity contribution in [1.82, 2.24) is 0 Å². The van der Waals surface area contributed by atoms with Crippen molar-refractivity contribution in [2.24, 2.45) is 0 Å². The van der Waals surface area contributed by atoms with E-state index in [2.05, 4.69) is 12.1 Å². The highest BCUT2D eigenvalue weighted by atomic mass is 32.2. The fourth-order valence-electron chi connectivity index (χ4n) is 4.20. The first-order valence-electron chi connectivity index (χ1n) is 11.3. The molecule has 34 heavy (non-hydrogen) atoms. The number of rotatable bonds is 9. The van der Waals surface area contributed by atoms with E-state index in [0.29, 0.717) is 29.9 Å². The van der Waals surface area contributed by atoms with E-state index in [1.54, 1.807) is 6.07 Å². The van der Waals surface area contributed by atoms with Gasteiger partial charge in [-0.3, -0.25) is 0 Å². The van der Waals surface area contributed by atoms with Gasteiger partial charge >= 0.3 is 0 Å². The lowest BCUT2D eigenvalue weighted by atomic mass is 9.91. The van der Waals surface area contributed by atoms with Crippen molar-refractivity contribution < 1.29 is 17.7 Å². The predicted octanol–water partition coefficient (Wildman–Crippen LogP) is 6.32. The molecule has 0 aliphatic rings. The van der Waals surface area contributed by atoms with Gasteiger partial charge in [-0.05, 0) is 60.6 Å². The molecule has 0 saturated heterocycles. The molecular weight excluding hydrogens is 444 g/mol. The van der Waals surface area contributed by atoms with Gasteiger partial charge in [0.15, 0.2) is 0 Å². The van der Waals surface area contributed by atoms with E-state index in [-0.39, 0.29) is 4.90 Å². The maximum atomic E-state index is 12.3. The van der Waals surface area contributed by atoms with Crippen LogP contribution in [0.1, 0.15) is 28.7 Å². The molecule has 4 rings (SSSR count). The molecule has 0 atom stereocenters. The Morgan fingerprint density at radius 2 is 1.35 bits per heavy atom. The third-order valence-electron chi connectivity index (χ3n) is 5.91. The minimum absolute atomic E-state index is 0.205. The molecule has 4 nitrogen and oxygen atoms in total. The zero-order chi connectivity index (χ0) is 24.0. The lowest BCUT2D eigenvalue weighted by Crippen LogP contribution is -2.07. The maximum Gasteiger partial charge on any atom is 0.127 e. The normalized spacial score (nSPS) is 11.4. The summed E-state index contributed by atoms with van der Waals surface area (Å²) in [6.45, 7) is 2.29. The van der Waals surface area contributed by atoms with Crippen LogP contribution < -0.4 is 4.74 Å². The zero-order valence-electron chi connectivity index (χ0n) is 19.1. The Labute approximate surface area is 201 Å².